The zero-order chi connectivity index (χ0) is 18.4. The van der Waals surface area contributed by atoms with Crippen LogP contribution < -0.4 is 5.32 Å². The van der Waals surface area contributed by atoms with Crippen molar-refractivity contribution in [1.29, 1.82) is 0 Å². The first-order valence-corrected chi connectivity index (χ1v) is 8.29. The molecule has 1 amide bonds. The number of carbonyl (C=O) groups excluding carboxylic acids is 2. The highest BCUT2D eigenvalue weighted by molar-refractivity contribution is 5.87. The van der Waals surface area contributed by atoms with Crippen LogP contribution in [-0.2, 0) is 20.7 Å². The van der Waals surface area contributed by atoms with Gasteiger partial charge in [0.15, 0.2) is 11.7 Å². The summed E-state index contributed by atoms with van der Waals surface area (Å²) >= 11 is 0. The van der Waals surface area contributed by atoms with Crippen LogP contribution in [0.2, 0.25) is 0 Å². The van der Waals surface area contributed by atoms with E-state index in [0.29, 0.717) is 24.5 Å². The smallest absolute Gasteiger partial charge is 0.331 e. The van der Waals surface area contributed by atoms with Gasteiger partial charge in [-0.2, -0.15) is 0 Å². The topological polar surface area (TPSA) is 81.4 Å². The van der Waals surface area contributed by atoms with Crippen molar-refractivity contribution in [1.82, 2.24) is 10.3 Å². The lowest BCUT2D eigenvalue weighted by Crippen LogP contribution is -2.52. The van der Waals surface area contributed by atoms with E-state index in [2.05, 4.69) is 10.3 Å². The summed E-state index contributed by atoms with van der Waals surface area (Å²) < 4.78 is 10.4. The molecule has 1 aromatic heterocycles. The fourth-order valence-electron chi connectivity index (χ4n) is 2.38. The maximum absolute atomic E-state index is 12.1. The summed E-state index contributed by atoms with van der Waals surface area (Å²) in [4.78, 5) is 28.1. The first kappa shape index (κ1) is 18.7. The third-order valence-corrected chi connectivity index (χ3v) is 4.21. The molecule has 0 unspecified atom stereocenters. The van der Waals surface area contributed by atoms with Gasteiger partial charge >= 0.3 is 5.97 Å². The molecule has 0 aliphatic heterocycles. The number of esters is 1. The predicted molar refractivity (Wildman–Crippen MR) is 93.9 cm³/mol. The molecule has 6 nitrogen and oxygen atoms in total. The van der Waals surface area contributed by atoms with E-state index in [0.717, 1.165) is 5.56 Å². The SMILES string of the molecule is CC[C@@](C)(NC(=O)CCc1ncc(-c2ccc(C)cc2)o1)C(=O)OC. The average molecular weight is 344 g/mol. The summed E-state index contributed by atoms with van der Waals surface area (Å²) in [5, 5.41) is 2.73. The van der Waals surface area contributed by atoms with Crippen LogP contribution in [0.4, 0.5) is 0 Å². The summed E-state index contributed by atoms with van der Waals surface area (Å²) in [6.45, 7) is 5.49. The molecule has 0 saturated carbocycles. The van der Waals surface area contributed by atoms with Crippen LogP contribution in [0.15, 0.2) is 34.9 Å². The van der Waals surface area contributed by atoms with Crippen LogP contribution >= 0.6 is 0 Å². The molecule has 0 bridgehead atoms. The number of methoxy groups -OCH3 is 1. The fraction of sp³-hybridized carbons (Fsp3) is 0.421. The quantitative estimate of drug-likeness (QED) is 0.781. The third kappa shape index (κ3) is 4.68. The van der Waals surface area contributed by atoms with Crippen molar-refractivity contribution in [2.75, 3.05) is 7.11 Å². The molecule has 0 spiro atoms. The number of oxazole rings is 1. The van der Waals surface area contributed by atoms with Gasteiger partial charge in [0, 0.05) is 18.4 Å². The van der Waals surface area contributed by atoms with E-state index < -0.39 is 11.5 Å². The van der Waals surface area contributed by atoms with Crippen LogP contribution in [0.25, 0.3) is 11.3 Å². The van der Waals surface area contributed by atoms with Crippen molar-refractivity contribution in [2.24, 2.45) is 0 Å². The van der Waals surface area contributed by atoms with Gasteiger partial charge in [-0.1, -0.05) is 36.8 Å². The minimum absolute atomic E-state index is 0.181. The number of aromatic nitrogens is 1. The number of benzene rings is 1. The molecule has 134 valence electrons. The van der Waals surface area contributed by atoms with Crippen molar-refractivity contribution < 1.29 is 18.7 Å². The normalized spacial score (nSPS) is 13.1. The number of nitrogens with one attached hydrogen (secondary N) is 1. The first-order chi connectivity index (χ1) is 11.9. The van der Waals surface area contributed by atoms with E-state index in [9.17, 15) is 9.59 Å². The third-order valence-electron chi connectivity index (χ3n) is 4.21. The number of aryl methyl sites for hydroxylation is 2. The number of nitrogens with zero attached hydrogens (tertiary/aromatic N) is 1. The number of ether oxygens (including phenoxy) is 1. The standard InChI is InChI=1S/C19H24N2O4/c1-5-19(3,18(23)24-4)21-16(22)10-11-17-20-12-15(25-17)14-8-6-13(2)7-9-14/h6-9,12H,5,10-11H2,1-4H3,(H,21,22)/t19-/m1/s1. The van der Waals surface area contributed by atoms with E-state index in [1.807, 2.05) is 38.1 Å². The predicted octanol–water partition coefficient (Wildman–Crippen LogP) is 3.04. The zero-order valence-corrected chi connectivity index (χ0v) is 15.1. The van der Waals surface area contributed by atoms with Gasteiger partial charge in [-0.05, 0) is 20.3 Å². The number of amides is 1. The Morgan fingerprint density at radius 2 is 1.96 bits per heavy atom. The lowest BCUT2D eigenvalue weighted by atomic mass is 9.99. The van der Waals surface area contributed by atoms with Gasteiger partial charge in [0.05, 0.1) is 13.3 Å². The summed E-state index contributed by atoms with van der Waals surface area (Å²) in [7, 11) is 1.31. The van der Waals surface area contributed by atoms with Crippen LogP contribution in [-0.4, -0.2) is 29.5 Å². The van der Waals surface area contributed by atoms with Gasteiger partial charge in [-0.25, -0.2) is 9.78 Å². The zero-order valence-electron chi connectivity index (χ0n) is 15.1. The molecule has 0 aliphatic rings. The Labute approximate surface area is 147 Å². The highest BCUT2D eigenvalue weighted by Crippen LogP contribution is 2.21. The maximum atomic E-state index is 12.1. The molecule has 0 radical (unpaired) electrons. The van der Waals surface area contributed by atoms with E-state index >= 15 is 0 Å². The molecule has 1 heterocycles. The molecule has 1 aromatic carbocycles. The molecule has 0 aliphatic carbocycles. The molecule has 0 fully saturated rings. The Morgan fingerprint density at radius 1 is 1.28 bits per heavy atom. The van der Waals surface area contributed by atoms with Crippen molar-refractivity contribution >= 4 is 11.9 Å². The van der Waals surface area contributed by atoms with E-state index in [4.69, 9.17) is 9.15 Å². The molecule has 0 saturated heterocycles. The largest absolute Gasteiger partial charge is 0.467 e. The summed E-state index contributed by atoms with van der Waals surface area (Å²) in [5.41, 5.74) is 1.10. The Hall–Kier alpha value is -2.63. The Bertz CT molecular complexity index is 736. The minimum atomic E-state index is -1.02. The lowest BCUT2D eigenvalue weighted by molar-refractivity contribution is -0.150. The van der Waals surface area contributed by atoms with Crippen LogP contribution in [0.1, 0.15) is 38.1 Å². The second-order valence-corrected chi connectivity index (χ2v) is 6.21. The molecule has 2 aromatic rings. The van der Waals surface area contributed by atoms with Crippen molar-refractivity contribution in [3.63, 3.8) is 0 Å². The van der Waals surface area contributed by atoms with Crippen molar-refractivity contribution in [3.05, 3.63) is 41.9 Å². The molecule has 1 N–H and O–H groups in total. The number of rotatable bonds is 7. The highest BCUT2D eigenvalue weighted by atomic mass is 16.5. The maximum Gasteiger partial charge on any atom is 0.331 e. The van der Waals surface area contributed by atoms with Gasteiger partial charge < -0.3 is 14.5 Å². The van der Waals surface area contributed by atoms with E-state index in [1.54, 1.807) is 13.1 Å². The van der Waals surface area contributed by atoms with Gasteiger partial charge in [-0.15, -0.1) is 0 Å². The van der Waals surface area contributed by atoms with Gasteiger partial charge in [0.1, 0.15) is 5.54 Å². The summed E-state index contributed by atoms with van der Waals surface area (Å²) in [6, 6.07) is 7.94. The molecule has 6 heteroatoms. The second kappa shape index (κ2) is 7.96. The van der Waals surface area contributed by atoms with Crippen LogP contribution in [0, 0.1) is 6.92 Å². The van der Waals surface area contributed by atoms with Crippen molar-refractivity contribution in [2.45, 2.75) is 45.6 Å². The monoisotopic (exact) mass is 344 g/mol. The number of carbonyl (C=O) groups is 2. The number of hydrogen-bond donors (Lipinski definition) is 1. The molecular formula is C19H24N2O4. The molecule has 1 atom stereocenters. The molecule has 25 heavy (non-hydrogen) atoms. The molecular weight excluding hydrogens is 320 g/mol. The second-order valence-electron chi connectivity index (χ2n) is 6.21. The number of hydrogen-bond acceptors (Lipinski definition) is 5. The summed E-state index contributed by atoms with van der Waals surface area (Å²) in [6.07, 6.45) is 2.64. The first-order valence-electron chi connectivity index (χ1n) is 8.29. The van der Waals surface area contributed by atoms with E-state index in [-0.39, 0.29) is 12.3 Å². The Kier molecular flexibility index (Phi) is 5.96. The highest BCUT2D eigenvalue weighted by Gasteiger charge is 2.33. The summed E-state index contributed by atoms with van der Waals surface area (Å²) in [5.74, 6) is 0.455. The molecule has 2 rings (SSSR count). The van der Waals surface area contributed by atoms with Crippen LogP contribution in [0.3, 0.4) is 0 Å². The van der Waals surface area contributed by atoms with E-state index in [1.165, 1.54) is 12.7 Å². The lowest BCUT2D eigenvalue weighted by Gasteiger charge is -2.26. The minimum Gasteiger partial charge on any atom is -0.467 e. The van der Waals surface area contributed by atoms with Crippen LogP contribution in [0.5, 0.6) is 0 Å². The van der Waals surface area contributed by atoms with Crippen molar-refractivity contribution in [3.8, 4) is 11.3 Å². The van der Waals surface area contributed by atoms with Gasteiger partial charge in [0.25, 0.3) is 0 Å². The fourth-order valence-corrected chi connectivity index (χ4v) is 2.38. The van der Waals surface area contributed by atoms with Gasteiger partial charge in [0.2, 0.25) is 5.91 Å². The Balaban J connectivity index is 1.94. The average Bonchev–Trinajstić information content (AvgIpc) is 3.08. The van der Waals surface area contributed by atoms with Gasteiger partial charge in [-0.3, -0.25) is 4.79 Å². The Morgan fingerprint density at radius 3 is 2.56 bits per heavy atom.